The van der Waals surface area contributed by atoms with Gasteiger partial charge < -0.3 is 4.74 Å². The maximum absolute atomic E-state index is 11.6. The van der Waals surface area contributed by atoms with Crippen LogP contribution in [0.3, 0.4) is 0 Å². The minimum atomic E-state index is -0.679. The van der Waals surface area contributed by atoms with Crippen molar-refractivity contribution in [3.63, 3.8) is 0 Å². The average molecular weight is 230 g/mol. The Morgan fingerprint density at radius 2 is 2.20 bits per heavy atom. The van der Waals surface area contributed by atoms with Gasteiger partial charge >= 0.3 is 12.0 Å². The topological polar surface area (TPSA) is 66.9 Å². The number of amides is 3. The van der Waals surface area contributed by atoms with Crippen LogP contribution in [0.4, 0.5) is 4.79 Å². The van der Waals surface area contributed by atoms with E-state index in [1.807, 2.05) is 0 Å². The quantitative estimate of drug-likeness (QED) is 0.448. The third kappa shape index (κ3) is 1.30. The summed E-state index contributed by atoms with van der Waals surface area (Å²) >= 11 is 1.26. The molecule has 0 saturated carbocycles. The van der Waals surface area contributed by atoms with Gasteiger partial charge in [-0.1, -0.05) is 0 Å². The van der Waals surface area contributed by atoms with Crippen molar-refractivity contribution in [1.82, 2.24) is 9.80 Å². The number of carbonyl (C=O) groups excluding carboxylic acids is 3. The first-order valence-electron chi connectivity index (χ1n) is 4.37. The lowest BCUT2D eigenvalue weighted by Gasteiger charge is -2.19. The number of methoxy groups -OCH3 is 1. The number of imide groups is 1. The van der Waals surface area contributed by atoms with Gasteiger partial charge in [-0.15, -0.1) is 11.8 Å². The van der Waals surface area contributed by atoms with Gasteiger partial charge in [0.25, 0.3) is 5.91 Å². The highest BCUT2D eigenvalue weighted by atomic mass is 32.2. The van der Waals surface area contributed by atoms with Crippen molar-refractivity contribution in [2.45, 2.75) is 11.4 Å². The maximum Gasteiger partial charge on any atom is 0.339 e. The summed E-state index contributed by atoms with van der Waals surface area (Å²) in [6, 6.07) is -0.929. The SMILES string of the molecule is COC(=O)C1SC[C@H]2C(=O)N(C)C(=O)N12. The summed E-state index contributed by atoms with van der Waals surface area (Å²) in [4.78, 5) is 36.9. The molecule has 0 aliphatic carbocycles. The van der Waals surface area contributed by atoms with Gasteiger partial charge in [-0.2, -0.15) is 0 Å². The molecule has 6 nitrogen and oxygen atoms in total. The average Bonchev–Trinajstić information content (AvgIpc) is 2.75. The molecule has 3 amide bonds. The molecule has 2 rings (SSSR count). The van der Waals surface area contributed by atoms with Gasteiger partial charge in [0.05, 0.1) is 7.11 Å². The molecule has 15 heavy (non-hydrogen) atoms. The number of thioether (sulfide) groups is 1. The zero-order valence-electron chi connectivity index (χ0n) is 8.30. The Labute approximate surface area is 90.5 Å². The van der Waals surface area contributed by atoms with E-state index in [9.17, 15) is 14.4 Å². The second-order valence-electron chi connectivity index (χ2n) is 3.31. The third-order valence-electron chi connectivity index (χ3n) is 2.53. The molecule has 7 heteroatoms. The third-order valence-corrected chi connectivity index (χ3v) is 3.77. The van der Waals surface area contributed by atoms with E-state index in [4.69, 9.17) is 0 Å². The fraction of sp³-hybridized carbons (Fsp3) is 0.625. The molecule has 0 radical (unpaired) electrons. The monoisotopic (exact) mass is 230 g/mol. The normalized spacial score (nSPS) is 29.7. The van der Waals surface area contributed by atoms with Crippen molar-refractivity contribution in [3.8, 4) is 0 Å². The lowest BCUT2D eigenvalue weighted by molar-refractivity contribution is -0.142. The highest BCUT2D eigenvalue weighted by Gasteiger charge is 2.53. The van der Waals surface area contributed by atoms with Crippen LogP contribution in [0.25, 0.3) is 0 Å². The number of hydrogen-bond acceptors (Lipinski definition) is 5. The number of rotatable bonds is 1. The smallest absolute Gasteiger partial charge is 0.339 e. The minimum Gasteiger partial charge on any atom is -0.467 e. The highest BCUT2D eigenvalue weighted by molar-refractivity contribution is 8.00. The van der Waals surface area contributed by atoms with E-state index in [2.05, 4.69) is 4.74 Å². The number of carbonyl (C=O) groups is 3. The Hall–Kier alpha value is -1.24. The Morgan fingerprint density at radius 1 is 1.53 bits per heavy atom. The van der Waals surface area contributed by atoms with E-state index in [0.29, 0.717) is 5.75 Å². The van der Waals surface area contributed by atoms with E-state index >= 15 is 0 Å². The summed E-state index contributed by atoms with van der Waals surface area (Å²) in [6.07, 6.45) is 0. The molecule has 0 aromatic heterocycles. The summed E-state index contributed by atoms with van der Waals surface area (Å²) < 4.78 is 4.58. The van der Waals surface area contributed by atoms with Crippen LogP contribution in [-0.2, 0) is 14.3 Å². The molecule has 0 spiro atoms. The number of ether oxygens (including phenoxy) is 1. The summed E-state index contributed by atoms with van der Waals surface area (Å²) in [5.41, 5.74) is 0. The molecule has 2 heterocycles. The zero-order valence-corrected chi connectivity index (χ0v) is 9.11. The fourth-order valence-electron chi connectivity index (χ4n) is 1.70. The molecule has 2 aliphatic heterocycles. The van der Waals surface area contributed by atoms with Gasteiger partial charge in [0, 0.05) is 12.8 Å². The van der Waals surface area contributed by atoms with Gasteiger partial charge in [0.2, 0.25) is 0 Å². The number of fused-ring (bicyclic) bond motifs is 1. The molecule has 2 atom stereocenters. The van der Waals surface area contributed by atoms with Gasteiger partial charge in [-0.25, -0.2) is 9.59 Å². The summed E-state index contributed by atoms with van der Waals surface area (Å²) in [5, 5.41) is -0.679. The van der Waals surface area contributed by atoms with Crippen LogP contribution >= 0.6 is 11.8 Å². The van der Waals surface area contributed by atoms with E-state index in [-0.39, 0.29) is 5.91 Å². The Balaban J connectivity index is 2.26. The first kappa shape index (κ1) is 10.3. The van der Waals surface area contributed by atoms with Gasteiger partial charge in [0.15, 0.2) is 5.37 Å². The first-order valence-corrected chi connectivity index (χ1v) is 5.42. The number of likely N-dealkylation sites (N-methyl/N-ethyl adjacent to an activating group) is 1. The second-order valence-corrected chi connectivity index (χ2v) is 4.42. The van der Waals surface area contributed by atoms with Crippen molar-refractivity contribution in [2.75, 3.05) is 19.9 Å². The Bertz CT molecular complexity index is 346. The summed E-state index contributed by atoms with van der Waals surface area (Å²) in [7, 11) is 2.68. The second kappa shape index (κ2) is 3.41. The molecule has 1 unspecified atom stereocenters. The molecule has 2 saturated heterocycles. The van der Waals surface area contributed by atoms with Crippen molar-refractivity contribution in [3.05, 3.63) is 0 Å². The van der Waals surface area contributed by atoms with E-state index < -0.39 is 23.4 Å². The van der Waals surface area contributed by atoms with Gasteiger partial charge in [-0.3, -0.25) is 14.6 Å². The Morgan fingerprint density at radius 3 is 2.80 bits per heavy atom. The summed E-state index contributed by atoms with van der Waals surface area (Å²) in [5.74, 6) is -0.285. The predicted octanol–water partition coefficient (Wildman–Crippen LogP) is -0.505. The zero-order chi connectivity index (χ0) is 11.2. The first-order chi connectivity index (χ1) is 7.07. The van der Waals surface area contributed by atoms with Crippen LogP contribution in [-0.4, -0.2) is 59.0 Å². The van der Waals surface area contributed by atoms with Crippen LogP contribution in [0, 0.1) is 0 Å². The van der Waals surface area contributed by atoms with E-state index in [1.165, 1.54) is 30.8 Å². The Kier molecular flexibility index (Phi) is 2.34. The highest BCUT2D eigenvalue weighted by Crippen LogP contribution is 2.35. The largest absolute Gasteiger partial charge is 0.467 e. The molecule has 2 aliphatic rings. The molecular weight excluding hydrogens is 220 g/mol. The molecule has 0 bridgehead atoms. The molecule has 0 aromatic rings. The molecule has 82 valence electrons. The predicted molar refractivity (Wildman–Crippen MR) is 52.1 cm³/mol. The molecule has 0 aromatic carbocycles. The lowest BCUT2D eigenvalue weighted by atomic mass is 10.3. The standard InChI is InChI=1S/C8H10N2O4S/c1-9-5(11)4-3-15-6(7(12)14-2)10(4)8(9)13/h4,6H,3H2,1-2H3/t4-,6?/m0/s1. The summed E-state index contributed by atoms with van der Waals surface area (Å²) in [6.45, 7) is 0. The number of urea groups is 1. The molecule has 0 N–H and O–H groups in total. The molecular formula is C8H10N2O4S. The molecule has 2 fully saturated rings. The van der Waals surface area contributed by atoms with Crippen LogP contribution < -0.4 is 0 Å². The van der Waals surface area contributed by atoms with Crippen molar-refractivity contribution < 1.29 is 19.1 Å². The van der Waals surface area contributed by atoms with E-state index in [1.54, 1.807) is 0 Å². The van der Waals surface area contributed by atoms with Gasteiger partial charge in [-0.05, 0) is 0 Å². The number of esters is 1. The van der Waals surface area contributed by atoms with Crippen LogP contribution in [0.2, 0.25) is 0 Å². The lowest BCUT2D eigenvalue weighted by Crippen LogP contribution is -2.41. The van der Waals surface area contributed by atoms with Crippen LogP contribution in [0.1, 0.15) is 0 Å². The number of nitrogens with zero attached hydrogens (tertiary/aromatic N) is 2. The fourth-order valence-corrected chi connectivity index (χ4v) is 3.00. The van der Waals surface area contributed by atoms with E-state index in [0.717, 1.165) is 4.90 Å². The number of hydrogen-bond donors (Lipinski definition) is 0. The van der Waals surface area contributed by atoms with Gasteiger partial charge in [0.1, 0.15) is 6.04 Å². The van der Waals surface area contributed by atoms with Crippen molar-refractivity contribution in [1.29, 1.82) is 0 Å². The van der Waals surface area contributed by atoms with Crippen molar-refractivity contribution in [2.24, 2.45) is 0 Å². The maximum atomic E-state index is 11.6. The van der Waals surface area contributed by atoms with Crippen molar-refractivity contribution >= 4 is 29.7 Å². The minimum absolute atomic E-state index is 0.251. The van der Waals surface area contributed by atoms with Crippen LogP contribution in [0.15, 0.2) is 0 Å². The van der Waals surface area contributed by atoms with Crippen LogP contribution in [0.5, 0.6) is 0 Å².